The molecule has 20 heavy (non-hydrogen) atoms. The van der Waals surface area contributed by atoms with Crippen LogP contribution in [0.15, 0.2) is 51.6 Å². The first kappa shape index (κ1) is 13.1. The number of pyridine rings is 1. The highest BCUT2D eigenvalue weighted by Crippen LogP contribution is 2.39. The number of nitrogens with two attached hydrogens (primary N) is 1. The molecule has 100 valence electrons. The number of aromatic nitrogens is 2. The molecule has 0 bridgehead atoms. The zero-order valence-corrected chi connectivity index (χ0v) is 12.5. The third-order valence-corrected chi connectivity index (χ3v) is 3.71. The second-order valence-corrected chi connectivity index (χ2v) is 5.40. The van der Waals surface area contributed by atoms with Crippen molar-refractivity contribution in [2.24, 2.45) is 0 Å². The molecule has 0 spiro atoms. The average molecular weight is 351 g/mol. The summed E-state index contributed by atoms with van der Waals surface area (Å²) in [6, 6.07) is 11.0. The number of halogens is 2. The molecule has 0 amide bonds. The zero-order chi connectivity index (χ0) is 14.1. The van der Waals surface area contributed by atoms with Crippen LogP contribution in [0.4, 0.5) is 5.82 Å². The lowest BCUT2D eigenvalue weighted by atomic mass is 10.1. The van der Waals surface area contributed by atoms with Gasteiger partial charge in [0.25, 0.3) is 0 Å². The molecule has 4 nitrogen and oxygen atoms in total. The Bertz CT molecular complexity index is 758. The topological polar surface area (TPSA) is 64.9 Å². The van der Waals surface area contributed by atoms with Gasteiger partial charge in [-0.05, 0) is 46.3 Å². The van der Waals surface area contributed by atoms with Crippen LogP contribution >= 0.6 is 27.5 Å². The molecule has 0 aliphatic heterocycles. The van der Waals surface area contributed by atoms with E-state index in [0.29, 0.717) is 27.9 Å². The number of benzene rings is 1. The number of nitrogen functional groups attached to an aromatic ring is 1. The van der Waals surface area contributed by atoms with Gasteiger partial charge in [0.2, 0.25) is 0 Å². The van der Waals surface area contributed by atoms with Crippen LogP contribution in [0.25, 0.3) is 22.6 Å². The van der Waals surface area contributed by atoms with Gasteiger partial charge < -0.3 is 10.3 Å². The van der Waals surface area contributed by atoms with Crippen molar-refractivity contribution in [1.29, 1.82) is 0 Å². The number of hydrogen-bond acceptors (Lipinski definition) is 4. The SMILES string of the molecule is Nc1noc(-c2ccc(Cl)cc2Br)c1-c1ccccn1. The smallest absolute Gasteiger partial charge is 0.179 e. The fraction of sp³-hybridized carbons (Fsp3) is 0. The van der Waals surface area contributed by atoms with Gasteiger partial charge in [-0.25, -0.2) is 0 Å². The van der Waals surface area contributed by atoms with Crippen molar-refractivity contribution in [1.82, 2.24) is 10.1 Å². The van der Waals surface area contributed by atoms with Crippen molar-refractivity contribution in [2.75, 3.05) is 5.73 Å². The van der Waals surface area contributed by atoms with E-state index in [1.807, 2.05) is 24.3 Å². The van der Waals surface area contributed by atoms with Crippen LogP contribution in [0.1, 0.15) is 0 Å². The third kappa shape index (κ3) is 2.30. The number of hydrogen-bond donors (Lipinski definition) is 1. The van der Waals surface area contributed by atoms with E-state index in [1.165, 1.54) is 0 Å². The van der Waals surface area contributed by atoms with E-state index in [0.717, 1.165) is 10.0 Å². The summed E-state index contributed by atoms with van der Waals surface area (Å²) >= 11 is 9.42. The van der Waals surface area contributed by atoms with Crippen molar-refractivity contribution in [3.05, 3.63) is 52.1 Å². The second kappa shape index (κ2) is 5.26. The van der Waals surface area contributed by atoms with Gasteiger partial charge in [0.15, 0.2) is 11.6 Å². The number of anilines is 1. The van der Waals surface area contributed by atoms with Crippen LogP contribution in [0.2, 0.25) is 5.02 Å². The molecule has 2 aromatic heterocycles. The van der Waals surface area contributed by atoms with Gasteiger partial charge in [-0.15, -0.1) is 0 Å². The van der Waals surface area contributed by atoms with Crippen molar-refractivity contribution in [3.8, 4) is 22.6 Å². The van der Waals surface area contributed by atoms with Crippen LogP contribution in [0.3, 0.4) is 0 Å². The molecule has 0 saturated heterocycles. The first-order chi connectivity index (χ1) is 9.66. The molecule has 0 aliphatic rings. The van der Waals surface area contributed by atoms with E-state index in [9.17, 15) is 0 Å². The van der Waals surface area contributed by atoms with Crippen LogP contribution < -0.4 is 5.73 Å². The Labute approximate surface area is 128 Å². The number of nitrogens with zero attached hydrogens (tertiary/aromatic N) is 2. The summed E-state index contributed by atoms with van der Waals surface area (Å²) in [5, 5.41) is 4.47. The molecule has 0 aliphatic carbocycles. The Morgan fingerprint density at radius 1 is 1.20 bits per heavy atom. The highest BCUT2D eigenvalue weighted by Gasteiger charge is 2.20. The molecule has 2 heterocycles. The third-order valence-electron chi connectivity index (χ3n) is 2.82. The minimum Gasteiger partial charge on any atom is -0.380 e. The molecular weight excluding hydrogens is 342 g/mol. The quantitative estimate of drug-likeness (QED) is 0.744. The largest absolute Gasteiger partial charge is 0.380 e. The van der Waals surface area contributed by atoms with Crippen molar-refractivity contribution >= 4 is 33.3 Å². The van der Waals surface area contributed by atoms with Crippen molar-refractivity contribution in [3.63, 3.8) is 0 Å². The molecule has 6 heteroatoms. The van der Waals surface area contributed by atoms with Gasteiger partial charge in [-0.3, -0.25) is 4.98 Å². The van der Waals surface area contributed by atoms with E-state index >= 15 is 0 Å². The van der Waals surface area contributed by atoms with E-state index < -0.39 is 0 Å². The van der Waals surface area contributed by atoms with Crippen LogP contribution in [-0.2, 0) is 0 Å². The van der Waals surface area contributed by atoms with Crippen LogP contribution in [-0.4, -0.2) is 10.1 Å². The summed E-state index contributed by atoms with van der Waals surface area (Å²) in [7, 11) is 0. The highest BCUT2D eigenvalue weighted by molar-refractivity contribution is 9.10. The maximum Gasteiger partial charge on any atom is 0.179 e. The first-order valence-corrected chi connectivity index (χ1v) is 6.96. The summed E-state index contributed by atoms with van der Waals surface area (Å²) < 4.78 is 6.17. The van der Waals surface area contributed by atoms with Crippen molar-refractivity contribution in [2.45, 2.75) is 0 Å². The average Bonchev–Trinajstić information content (AvgIpc) is 2.81. The molecule has 0 radical (unpaired) electrons. The fourth-order valence-electron chi connectivity index (χ4n) is 1.92. The molecule has 3 rings (SSSR count). The maximum absolute atomic E-state index is 5.95. The molecule has 0 unspecified atom stereocenters. The Hall–Kier alpha value is -1.85. The summed E-state index contributed by atoms with van der Waals surface area (Å²) in [5.41, 5.74) is 8.11. The predicted molar refractivity (Wildman–Crippen MR) is 82.3 cm³/mol. The van der Waals surface area contributed by atoms with E-state index in [-0.39, 0.29) is 0 Å². The van der Waals surface area contributed by atoms with Gasteiger partial charge >= 0.3 is 0 Å². The van der Waals surface area contributed by atoms with Crippen LogP contribution in [0.5, 0.6) is 0 Å². The summed E-state index contributed by atoms with van der Waals surface area (Å²) in [6.07, 6.45) is 1.70. The van der Waals surface area contributed by atoms with E-state index in [2.05, 4.69) is 26.1 Å². The Morgan fingerprint density at radius 3 is 2.75 bits per heavy atom. The molecule has 3 aromatic rings. The Balaban J connectivity index is 2.21. The minimum absolute atomic E-state index is 0.306. The van der Waals surface area contributed by atoms with Crippen LogP contribution in [0, 0.1) is 0 Å². The van der Waals surface area contributed by atoms with Crippen molar-refractivity contribution < 1.29 is 4.52 Å². The normalized spacial score (nSPS) is 10.7. The Kier molecular flexibility index (Phi) is 3.46. The lowest BCUT2D eigenvalue weighted by Crippen LogP contribution is -1.91. The van der Waals surface area contributed by atoms with Gasteiger partial charge in [-0.2, -0.15) is 0 Å². The van der Waals surface area contributed by atoms with E-state index in [1.54, 1.807) is 18.3 Å². The molecule has 0 fully saturated rings. The van der Waals surface area contributed by atoms with Gasteiger partial charge in [0, 0.05) is 21.3 Å². The fourth-order valence-corrected chi connectivity index (χ4v) is 2.78. The lowest BCUT2D eigenvalue weighted by molar-refractivity contribution is 0.436. The summed E-state index contributed by atoms with van der Waals surface area (Å²) in [4.78, 5) is 4.29. The standard InChI is InChI=1S/C14H9BrClN3O/c15-10-7-8(16)4-5-9(10)13-12(14(17)19-20-13)11-3-1-2-6-18-11/h1-7H,(H2,17,19). The van der Waals surface area contributed by atoms with Gasteiger partial charge in [0.05, 0.1) is 11.3 Å². The summed E-state index contributed by atoms with van der Waals surface area (Å²) in [5.74, 6) is 0.866. The monoisotopic (exact) mass is 349 g/mol. The Morgan fingerprint density at radius 2 is 2.05 bits per heavy atom. The molecule has 2 N–H and O–H groups in total. The first-order valence-electron chi connectivity index (χ1n) is 5.79. The molecular formula is C14H9BrClN3O. The zero-order valence-electron chi connectivity index (χ0n) is 10.2. The highest BCUT2D eigenvalue weighted by atomic mass is 79.9. The number of rotatable bonds is 2. The minimum atomic E-state index is 0.306. The lowest BCUT2D eigenvalue weighted by Gasteiger charge is -2.04. The van der Waals surface area contributed by atoms with Gasteiger partial charge in [-0.1, -0.05) is 22.8 Å². The molecule has 0 atom stereocenters. The molecule has 1 aromatic carbocycles. The molecule has 0 saturated carbocycles. The van der Waals surface area contributed by atoms with Gasteiger partial charge in [0.1, 0.15) is 0 Å². The second-order valence-electron chi connectivity index (χ2n) is 4.11. The maximum atomic E-state index is 5.95. The van der Waals surface area contributed by atoms with E-state index in [4.69, 9.17) is 21.9 Å². The summed E-state index contributed by atoms with van der Waals surface area (Å²) in [6.45, 7) is 0. The predicted octanol–water partition coefficient (Wildman–Crippen LogP) is 4.40.